The van der Waals surface area contributed by atoms with Gasteiger partial charge in [-0.1, -0.05) is 0 Å². The Morgan fingerprint density at radius 1 is 1.05 bits per heavy atom. The van der Waals surface area contributed by atoms with E-state index in [2.05, 4.69) is 16.0 Å². The van der Waals surface area contributed by atoms with Gasteiger partial charge >= 0.3 is 10.4 Å². The molecule has 14 N–H and O–H groups in total. The summed E-state index contributed by atoms with van der Waals surface area (Å²) >= 11 is 0. The van der Waals surface area contributed by atoms with Crippen LogP contribution in [0.25, 0.3) is 0 Å². The van der Waals surface area contributed by atoms with E-state index in [0.717, 1.165) is 0 Å². The molecular weight excluding hydrogens is 608 g/mol. The number of carbonyl (C=O) groups excluding carboxylic acids is 1. The van der Waals surface area contributed by atoms with Crippen LogP contribution >= 0.6 is 0 Å². The zero-order valence-corrected chi connectivity index (χ0v) is 26.6. The Bertz CT molecular complexity index is 1010. The van der Waals surface area contributed by atoms with Gasteiger partial charge < -0.3 is 67.4 Å². The molecule has 3 rings (SSSR count). The average molecular weight is 661 g/mol. The van der Waals surface area contributed by atoms with Gasteiger partial charge in [-0.3, -0.25) is 13.9 Å². The predicted octanol–water partition coefficient (Wildman–Crippen LogP) is -4.08. The first-order valence-electron chi connectivity index (χ1n) is 14.5. The molecule has 44 heavy (non-hydrogen) atoms. The molecule has 0 radical (unpaired) electrons. The van der Waals surface area contributed by atoms with Crippen molar-refractivity contribution in [2.24, 2.45) is 17.2 Å². The molecule has 1 aliphatic carbocycles. The first-order chi connectivity index (χ1) is 20.2. The molecule has 260 valence electrons. The van der Waals surface area contributed by atoms with Crippen LogP contribution in [0.4, 0.5) is 0 Å². The van der Waals surface area contributed by atoms with E-state index in [4.69, 9.17) is 53.7 Å². The summed E-state index contributed by atoms with van der Waals surface area (Å²) in [7, 11) is -3.06. The number of likely N-dealkylation sites (N-methyl/N-ethyl adjacent to an activating group) is 1. The quantitative estimate of drug-likeness (QED) is 0.105. The Kier molecular flexibility index (Phi) is 14.3. The van der Waals surface area contributed by atoms with E-state index >= 15 is 0 Å². The van der Waals surface area contributed by atoms with Crippen molar-refractivity contribution in [3.63, 3.8) is 0 Å². The van der Waals surface area contributed by atoms with E-state index in [1.807, 2.05) is 20.8 Å². The molecule has 19 heteroatoms. The van der Waals surface area contributed by atoms with Crippen LogP contribution in [-0.4, -0.2) is 144 Å². The highest BCUT2D eigenvalue weighted by atomic mass is 32.3. The highest BCUT2D eigenvalue weighted by Gasteiger charge is 2.51. The van der Waals surface area contributed by atoms with Crippen LogP contribution in [0, 0.1) is 0 Å². The molecule has 18 nitrogen and oxygen atoms in total. The number of nitrogens with two attached hydrogens (primary N) is 3. The number of aliphatic hydroxyl groups excluding tert-OH is 2. The summed E-state index contributed by atoms with van der Waals surface area (Å²) in [5, 5.41) is 42.0. The third-order valence-electron chi connectivity index (χ3n) is 7.63. The minimum Gasteiger partial charge on any atom is -0.388 e. The van der Waals surface area contributed by atoms with Gasteiger partial charge in [0.2, 0.25) is 5.91 Å². The fraction of sp³-hybridized carbons (Fsp3) is 0.960. The zero-order valence-electron chi connectivity index (χ0n) is 25.8. The van der Waals surface area contributed by atoms with Crippen molar-refractivity contribution in [3.8, 4) is 0 Å². The molecule has 12 unspecified atom stereocenters. The molecule has 1 amide bonds. The fourth-order valence-electron chi connectivity index (χ4n) is 5.40. The maximum Gasteiger partial charge on any atom is 0.394 e. The lowest BCUT2D eigenvalue weighted by atomic mass is 9.83. The van der Waals surface area contributed by atoms with Gasteiger partial charge in [-0.2, -0.15) is 8.42 Å². The molecule has 2 aliphatic heterocycles. The maximum absolute atomic E-state index is 12.8. The molecule has 2 saturated heterocycles. The topological polar surface area (TPSA) is 303 Å². The van der Waals surface area contributed by atoms with Crippen molar-refractivity contribution in [1.29, 1.82) is 0 Å². The minimum absolute atomic E-state index is 0.0382. The van der Waals surface area contributed by atoms with Gasteiger partial charge in [0, 0.05) is 18.1 Å². The summed E-state index contributed by atoms with van der Waals surface area (Å²) in [5.74, 6) is -0.313. The van der Waals surface area contributed by atoms with Crippen LogP contribution in [0.15, 0.2) is 0 Å². The Morgan fingerprint density at radius 3 is 2.18 bits per heavy atom. The lowest BCUT2D eigenvalue weighted by Crippen LogP contribution is -2.69. The van der Waals surface area contributed by atoms with Crippen LogP contribution in [0.2, 0.25) is 0 Å². The van der Waals surface area contributed by atoms with Gasteiger partial charge in [0.05, 0.1) is 37.4 Å². The summed E-state index contributed by atoms with van der Waals surface area (Å²) < 4.78 is 55.4. The van der Waals surface area contributed by atoms with Crippen LogP contribution in [-0.2, 0) is 34.1 Å². The third kappa shape index (κ3) is 11.9. The number of nitrogens with one attached hydrogen (secondary N) is 3. The van der Waals surface area contributed by atoms with E-state index in [9.17, 15) is 20.1 Å². The van der Waals surface area contributed by atoms with Gasteiger partial charge in [-0.15, -0.1) is 0 Å². The number of amides is 1. The monoisotopic (exact) mass is 660 g/mol. The molecule has 12 atom stereocenters. The van der Waals surface area contributed by atoms with Crippen LogP contribution < -0.4 is 33.2 Å². The normalized spacial score (nSPS) is 40.1. The largest absolute Gasteiger partial charge is 0.394 e. The molecule has 1 saturated carbocycles. The minimum atomic E-state index is -4.67. The van der Waals surface area contributed by atoms with Gasteiger partial charge in [0.15, 0.2) is 12.6 Å². The lowest BCUT2D eigenvalue weighted by Gasteiger charge is -2.49. The zero-order chi connectivity index (χ0) is 33.6. The number of carbonyl (C=O) groups is 1. The first kappa shape index (κ1) is 39.0. The molecule has 3 aliphatic rings. The van der Waals surface area contributed by atoms with E-state index in [1.54, 1.807) is 14.0 Å². The van der Waals surface area contributed by atoms with Crippen LogP contribution in [0.3, 0.4) is 0 Å². The predicted molar refractivity (Wildman–Crippen MR) is 156 cm³/mol. The van der Waals surface area contributed by atoms with Crippen molar-refractivity contribution in [2.75, 3.05) is 26.7 Å². The summed E-state index contributed by atoms with van der Waals surface area (Å²) in [5.41, 5.74) is 16.8. The number of hydrogen-bond donors (Lipinski definition) is 11. The Morgan fingerprint density at radius 2 is 1.64 bits per heavy atom. The third-order valence-corrected chi connectivity index (χ3v) is 7.63. The van der Waals surface area contributed by atoms with E-state index in [0.29, 0.717) is 19.4 Å². The maximum atomic E-state index is 12.8. The van der Waals surface area contributed by atoms with E-state index in [-0.39, 0.29) is 37.1 Å². The molecule has 0 bridgehead atoms. The standard InChI is InChI=1S/C25H50N6O8.H2O4S/c1-24(2,3)30-10-16(32)31-15-8-14(28)19(38-22-13(27)7-6-12(9-26)37-22)17(33)20(15)39-23-18(34)21(29-5)25(4,35)11-36-23;1-5(2,3)4/h12-15,17-23,29-30,33-35H,6-11,26-28H2,1-5H3,(H,31,32);(H2,1,2,3,4). The van der Waals surface area contributed by atoms with E-state index in [1.165, 1.54) is 0 Å². The molecule has 0 aromatic carbocycles. The van der Waals surface area contributed by atoms with Crippen molar-refractivity contribution in [1.82, 2.24) is 16.0 Å². The fourth-order valence-corrected chi connectivity index (χ4v) is 5.40. The van der Waals surface area contributed by atoms with Crippen molar-refractivity contribution in [3.05, 3.63) is 0 Å². The Labute approximate surface area is 258 Å². The molecule has 0 spiro atoms. The summed E-state index contributed by atoms with van der Waals surface area (Å²) in [6.45, 7) is 7.58. The second-order valence-corrected chi connectivity index (χ2v) is 13.6. The van der Waals surface area contributed by atoms with Gasteiger partial charge in [-0.25, -0.2) is 0 Å². The second kappa shape index (κ2) is 16.1. The van der Waals surface area contributed by atoms with Crippen LogP contribution in [0.5, 0.6) is 0 Å². The van der Waals surface area contributed by atoms with Gasteiger partial charge in [0.1, 0.15) is 30.0 Å². The summed E-state index contributed by atoms with van der Waals surface area (Å²) in [6, 6.07) is -2.63. The first-order valence-corrected chi connectivity index (χ1v) is 15.9. The number of rotatable bonds is 9. The molecule has 3 fully saturated rings. The number of hydrogen-bond acceptors (Lipinski definition) is 15. The smallest absolute Gasteiger partial charge is 0.388 e. The van der Waals surface area contributed by atoms with Crippen molar-refractivity contribution >= 4 is 16.3 Å². The summed E-state index contributed by atoms with van der Waals surface area (Å²) in [6.07, 6.45) is -5.37. The molecular formula is C25H52N6O12S. The Hall–Kier alpha value is -1.14. The van der Waals surface area contributed by atoms with Crippen molar-refractivity contribution in [2.45, 2.75) is 125 Å². The number of ether oxygens (including phenoxy) is 4. The summed E-state index contributed by atoms with van der Waals surface area (Å²) in [4.78, 5) is 12.8. The van der Waals surface area contributed by atoms with Crippen LogP contribution in [0.1, 0.15) is 47.0 Å². The van der Waals surface area contributed by atoms with Gasteiger partial charge in [0.25, 0.3) is 0 Å². The highest BCUT2D eigenvalue weighted by molar-refractivity contribution is 7.79. The van der Waals surface area contributed by atoms with Crippen molar-refractivity contribution < 1.29 is 56.6 Å². The van der Waals surface area contributed by atoms with E-state index < -0.39 is 77.2 Å². The highest BCUT2D eigenvalue weighted by Crippen LogP contribution is 2.32. The SMILES string of the molecule is CNC1C(O)C(OC2C(NC(=O)CNC(C)(C)C)CC(N)C(OC3OC(CN)CCC3N)C2O)OCC1(C)O.O=S(=O)(O)O. The average Bonchev–Trinajstić information content (AvgIpc) is 2.88. The van der Waals surface area contributed by atoms with Gasteiger partial charge in [-0.05, 0) is 54.0 Å². The Balaban J connectivity index is 0.00000125. The molecule has 2 heterocycles. The number of aliphatic hydroxyl groups is 3. The second-order valence-electron chi connectivity index (χ2n) is 12.7. The lowest BCUT2D eigenvalue weighted by molar-refractivity contribution is -0.307. The molecule has 0 aromatic heterocycles. The molecule has 0 aromatic rings.